The van der Waals surface area contributed by atoms with E-state index in [4.69, 9.17) is 4.74 Å². The average Bonchev–Trinajstić information content (AvgIpc) is 3.98. The van der Waals surface area contributed by atoms with Crippen molar-refractivity contribution in [1.29, 1.82) is 0 Å². The standard InChI is InChI=1S/C37H47FN4O9S/c1-22(2)32(44)31(43)16-23-10-7-5-3-4-6-8-12-25-18-37(25,35(47)40-52(49,50)27-14-15-27)39-33(45)30-17-26(20-42(30)34(23)46)51-36(48)41-19-24-11-9-13-29(38)28(24)21-41/h6,9,11-13,22-23,25-27,30,32,44H,3-5,7,10,14-21H2,1-2H3,(H,39,45)(H,40,47)/t8?,23-,25-,26-,30+,32?,37-/m1/s1. The van der Waals surface area contributed by atoms with E-state index in [0.717, 1.165) is 12.8 Å². The summed E-state index contributed by atoms with van der Waals surface area (Å²) < 4.78 is 47.9. The summed E-state index contributed by atoms with van der Waals surface area (Å²) in [7, 11) is -3.94. The first-order chi connectivity index (χ1) is 24.7. The number of fused-ring (bicyclic) bond motifs is 3. The minimum absolute atomic E-state index is 0.00671. The summed E-state index contributed by atoms with van der Waals surface area (Å²) in [5.41, 5.74) is 2.50. The molecule has 282 valence electrons. The first-order valence-corrected chi connectivity index (χ1v) is 19.8. The highest BCUT2D eigenvalue weighted by Gasteiger charge is 2.62. The topological polar surface area (TPSA) is 179 Å². The van der Waals surface area contributed by atoms with Gasteiger partial charge < -0.3 is 20.1 Å². The van der Waals surface area contributed by atoms with Gasteiger partial charge >= 0.3 is 6.09 Å². The van der Waals surface area contributed by atoms with E-state index >= 15 is 0 Å². The van der Waals surface area contributed by atoms with Crippen LogP contribution in [0.1, 0.15) is 89.2 Å². The number of halogens is 1. The molecule has 1 aromatic carbocycles. The Morgan fingerprint density at radius 2 is 1.90 bits per heavy atom. The van der Waals surface area contributed by atoms with E-state index in [2.05, 4.69) is 15.8 Å². The van der Waals surface area contributed by atoms with Crippen LogP contribution in [0, 0.1) is 23.6 Å². The van der Waals surface area contributed by atoms with E-state index < -0.39 is 86.3 Å². The van der Waals surface area contributed by atoms with Crippen LogP contribution >= 0.6 is 0 Å². The van der Waals surface area contributed by atoms with E-state index in [1.807, 2.05) is 6.08 Å². The van der Waals surface area contributed by atoms with Crippen LogP contribution in [0.2, 0.25) is 0 Å². The third-order valence-corrected chi connectivity index (χ3v) is 12.7. The highest BCUT2D eigenvalue weighted by atomic mass is 32.2. The number of hydrogen-bond donors (Lipinski definition) is 3. The van der Waals surface area contributed by atoms with Gasteiger partial charge in [-0.25, -0.2) is 17.6 Å². The number of Topliss-reactive ketones (excluding diaryl/α,β-unsaturated/α-hetero) is 1. The van der Waals surface area contributed by atoms with Gasteiger partial charge in [0.25, 0.3) is 5.91 Å². The predicted molar refractivity (Wildman–Crippen MR) is 185 cm³/mol. The van der Waals surface area contributed by atoms with Crippen molar-refractivity contribution in [3.8, 4) is 0 Å². The van der Waals surface area contributed by atoms with Gasteiger partial charge in [-0.3, -0.25) is 28.8 Å². The number of amides is 4. The van der Waals surface area contributed by atoms with Gasteiger partial charge in [0, 0.05) is 36.8 Å². The Kier molecular flexibility index (Phi) is 11.0. The van der Waals surface area contributed by atoms with Crippen molar-refractivity contribution >= 4 is 39.6 Å². The minimum atomic E-state index is -3.94. The second-order valence-electron chi connectivity index (χ2n) is 15.2. The molecule has 1 aromatic rings. The molecule has 1 saturated heterocycles. The molecule has 3 N–H and O–H groups in total. The number of aliphatic hydroxyl groups is 1. The summed E-state index contributed by atoms with van der Waals surface area (Å²) in [6.07, 6.45) is 4.16. The van der Waals surface area contributed by atoms with Crippen LogP contribution in [-0.4, -0.2) is 88.5 Å². The fraction of sp³-hybridized carbons (Fsp3) is 0.622. The molecule has 4 amide bonds. The molecular weight excluding hydrogens is 695 g/mol. The monoisotopic (exact) mass is 742 g/mol. The molecule has 0 radical (unpaired) electrons. The molecule has 5 aliphatic rings. The zero-order valence-electron chi connectivity index (χ0n) is 29.5. The lowest BCUT2D eigenvalue weighted by atomic mass is 9.89. The summed E-state index contributed by atoms with van der Waals surface area (Å²) in [5.74, 6) is -4.86. The number of aliphatic hydroxyl groups excluding tert-OH is 1. The zero-order chi connectivity index (χ0) is 37.4. The van der Waals surface area contributed by atoms with Crippen molar-refractivity contribution < 1.29 is 46.6 Å². The lowest BCUT2D eigenvalue weighted by Gasteiger charge is -2.30. The van der Waals surface area contributed by atoms with Crippen LogP contribution in [-0.2, 0) is 47.0 Å². The third-order valence-electron chi connectivity index (χ3n) is 10.8. The van der Waals surface area contributed by atoms with Crippen LogP contribution in [0.25, 0.3) is 0 Å². The lowest BCUT2D eigenvalue weighted by Crippen LogP contribution is -2.57. The summed E-state index contributed by atoms with van der Waals surface area (Å²) in [6.45, 7) is 3.33. The van der Waals surface area contributed by atoms with Crippen molar-refractivity contribution in [1.82, 2.24) is 19.8 Å². The molecule has 15 heteroatoms. The molecule has 3 aliphatic heterocycles. The maximum absolute atomic E-state index is 14.4. The smallest absolute Gasteiger partial charge is 0.410 e. The summed E-state index contributed by atoms with van der Waals surface area (Å²) >= 11 is 0. The van der Waals surface area contributed by atoms with E-state index in [1.54, 1.807) is 32.1 Å². The number of carbonyl (C=O) groups is 5. The summed E-state index contributed by atoms with van der Waals surface area (Å²) in [4.78, 5) is 71.3. The van der Waals surface area contributed by atoms with Crippen molar-refractivity contribution in [3.05, 3.63) is 53.0 Å². The number of ether oxygens (including phenoxy) is 1. The highest BCUT2D eigenvalue weighted by molar-refractivity contribution is 7.91. The number of carbonyl (C=O) groups excluding carboxylic acids is 5. The normalized spacial score (nSPS) is 28.5. The average molecular weight is 743 g/mol. The third kappa shape index (κ3) is 8.11. The zero-order valence-corrected chi connectivity index (χ0v) is 30.3. The van der Waals surface area contributed by atoms with Crippen LogP contribution in [0.4, 0.5) is 9.18 Å². The van der Waals surface area contributed by atoms with Crippen molar-refractivity contribution in [2.24, 2.45) is 17.8 Å². The van der Waals surface area contributed by atoms with Gasteiger partial charge in [-0.1, -0.05) is 38.8 Å². The van der Waals surface area contributed by atoms with Gasteiger partial charge in [-0.15, -0.1) is 5.73 Å². The Morgan fingerprint density at radius 3 is 2.62 bits per heavy atom. The molecule has 2 saturated carbocycles. The molecule has 13 nitrogen and oxygen atoms in total. The maximum Gasteiger partial charge on any atom is 0.410 e. The molecular formula is C37H47FN4O9S. The van der Waals surface area contributed by atoms with Gasteiger partial charge in [-0.05, 0) is 68.2 Å². The molecule has 3 heterocycles. The van der Waals surface area contributed by atoms with Crippen LogP contribution in [0.15, 0.2) is 36.1 Å². The number of rotatable bonds is 8. The quantitative estimate of drug-likeness (QED) is 0.338. The molecule has 6 rings (SSSR count). The van der Waals surface area contributed by atoms with E-state index in [0.29, 0.717) is 43.2 Å². The second kappa shape index (κ2) is 15.1. The predicted octanol–water partition coefficient (Wildman–Crippen LogP) is 3.00. The summed E-state index contributed by atoms with van der Waals surface area (Å²) in [6, 6.07) is 3.36. The molecule has 3 fully saturated rings. The first-order valence-electron chi connectivity index (χ1n) is 18.2. The van der Waals surface area contributed by atoms with Gasteiger partial charge in [-0.2, -0.15) is 0 Å². The van der Waals surface area contributed by atoms with Crippen LogP contribution in [0.3, 0.4) is 0 Å². The number of benzene rings is 1. The molecule has 0 spiro atoms. The molecule has 6 atom stereocenters. The number of nitrogens with zero attached hydrogens (tertiary/aromatic N) is 2. The Morgan fingerprint density at radius 1 is 1.13 bits per heavy atom. The Balaban J connectivity index is 1.27. The van der Waals surface area contributed by atoms with Gasteiger partial charge in [0.2, 0.25) is 21.8 Å². The number of hydrogen-bond acceptors (Lipinski definition) is 9. The Bertz CT molecular complexity index is 1790. The first kappa shape index (κ1) is 37.7. The lowest BCUT2D eigenvalue weighted by molar-refractivity contribution is -0.145. The maximum atomic E-state index is 14.4. The number of ketones is 1. The largest absolute Gasteiger partial charge is 0.444 e. The van der Waals surface area contributed by atoms with E-state index in [1.165, 1.54) is 15.9 Å². The molecule has 2 aliphatic carbocycles. The van der Waals surface area contributed by atoms with Crippen molar-refractivity contribution in [3.63, 3.8) is 0 Å². The fourth-order valence-electron chi connectivity index (χ4n) is 7.40. The SMILES string of the molecule is CC(C)C(O)C(=O)C[C@H]1CCCCCC=C=C[C@@H]2C[C@@]2(C(=O)NS(=O)(=O)C2CC2)NC(=O)[C@@H]2C[C@@H](OC(=O)N3Cc4cccc(F)c4C3)CN2C1=O. The van der Waals surface area contributed by atoms with Crippen molar-refractivity contribution in [2.45, 2.75) is 120 Å². The molecule has 0 bridgehead atoms. The fourth-order valence-corrected chi connectivity index (χ4v) is 8.77. The van der Waals surface area contributed by atoms with Crippen LogP contribution < -0.4 is 10.0 Å². The molecule has 52 heavy (non-hydrogen) atoms. The number of sulfonamides is 1. The minimum Gasteiger partial charge on any atom is -0.444 e. The molecule has 0 aromatic heterocycles. The Labute approximate surface area is 303 Å². The number of nitrogens with one attached hydrogen (secondary N) is 2. The highest BCUT2D eigenvalue weighted by Crippen LogP contribution is 2.46. The summed E-state index contributed by atoms with van der Waals surface area (Å²) in [5, 5.41) is 12.6. The van der Waals surface area contributed by atoms with Crippen molar-refractivity contribution in [2.75, 3.05) is 6.54 Å². The van der Waals surface area contributed by atoms with Gasteiger partial charge in [0.1, 0.15) is 29.6 Å². The van der Waals surface area contributed by atoms with Gasteiger partial charge in [0.15, 0.2) is 5.78 Å². The Hall–Kier alpha value is -4.07. The van der Waals surface area contributed by atoms with Gasteiger partial charge in [0.05, 0.1) is 18.3 Å². The second-order valence-corrected chi connectivity index (χ2v) is 17.1. The van der Waals surface area contributed by atoms with Crippen LogP contribution in [0.5, 0.6) is 0 Å². The van der Waals surface area contributed by atoms with E-state index in [-0.39, 0.29) is 44.8 Å². The van der Waals surface area contributed by atoms with E-state index in [9.17, 15) is 41.9 Å². The molecule has 1 unspecified atom stereocenters.